The Morgan fingerprint density at radius 1 is 1.50 bits per heavy atom. The quantitative estimate of drug-likeness (QED) is 0.897. The molecule has 1 saturated heterocycles. The van der Waals surface area contributed by atoms with Gasteiger partial charge < -0.3 is 14.5 Å². The van der Waals surface area contributed by atoms with E-state index in [1.807, 2.05) is 0 Å². The lowest BCUT2D eigenvalue weighted by atomic mass is 9.81. The van der Waals surface area contributed by atoms with E-state index < -0.39 is 0 Å². The Hall–Kier alpha value is -1.29. The van der Waals surface area contributed by atoms with Crippen LogP contribution >= 0.6 is 0 Å². The molecule has 4 heteroatoms. The van der Waals surface area contributed by atoms with E-state index in [9.17, 15) is 4.79 Å². The molecule has 0 unspecified atom stereocenters. The van der Waals surface area contributed by atoms with Gasteiger partial charge in [0.2, 0.25) is 0 Å². The van der Waals surface area contributed by atoms with Gasteiger partial charge in [0.05, 0.1) is 12.4 Å². The highest BCUT2D eigenvalue weighted by Crippen LogP contribution is 2.34. The highest BCUT2D eigenvalue weighted by Gasteiger charge is 2.37. The first-order valence-electron chi connectivity index (χ1n) is 6.42. The van der Waals surface area contributed by atoms with Gasteiger partial charge in [-0.2, -0.15) is 0 Å². The number of amides is 1. The fourth-order valence-electron chi connectivity index (χ4n) is 2.52. The molecule has 18 heavy (non-hydrogen) atoms. The third-order valence-electron chi connectivity index (χ3n) is 3.34. The highest BCUT2D eigenvalue weighted by atomic mass is 16.5. The van der Waals surface area contributed by atoms with Crippen LogP contribution in [-0.2, 0) is 4.74 Å². The van der Waals surface area contributed by atoms with Crippen molar-refractivity contribution >= 4 is 5.91 Å². The average molecular weight is 251 g/mol. The Labute approximate surface area is 108 Å². The molecule has 0 radical (unpaired) electrons. The molecule has 2 atom stereocenters. The van der Waals surface area contributed by atoms with Crippen molar-refractivity contribution in [2.24, 2.45) is 11.3 Å². The summed E-state index contributed by atoms with van der Waals surface area (Å²) in [4.78, 5) is 11.8. The number of hydrogen-bond acceptors (Lipinski definition) is 3. The molecular weight excluding hydrogens is 230 g/mol. The maximum absolute atomic E-state index is 11.8. The van der Waals surface area contributed by atoms with Crippen molar-refractivity contribution in [3.05, 3.63) is 24.2 Å². The molecule has 100 valence electrons. The van der Waals surface area contributed by atoms with Crippen molar-refractivity contribution in [3.63, 3.8) is 0 Å². The van der Waals surface area contributed by atoms with Crippen LogP contribution in [0.3, 0.4) is 0 Å². The van der Waals surface area contributed by atoms with Gasteiger partial charge in [0.1, 0.15) is 0 Å². The molecule has 1 fully saturated rings. The van der Waals surface area contributed by atoms with E-state index in [2.05, 4.69) is 26.1 Å². The zero-order chi connectivity index (χ0) is 13.2. The summed E-state index contributed by atoms with van der Waals surface area (Å²) >= 11 is 0. The zero-order valence-corrected chi connectivity index (χ0v) is 11.2. The van der Waals surface area contributed by atoms with Crippen LogP contribution in [0.2, 0.25) is 0 Å². The van der Waals surface area contributed by atoms with Gasteiger partial charge >= 0.3 is 0 Å². The number of furan rings is 1. The van der Waals surface area contributed by atoms with Crippen molar-refractivity contribution in [1.29, 1.82) is 0 Å². The summed E-state index contributed by atoms with van der Waals surface area (Å²) in [6.07, 6.45) is 2.71. The smallest absolute Gasteiger partial charge is 0.286 e. The van der Waals surface area contributed by atoms with E-state index in [1.54, 1.807) is 12.1 Å². The largest absolute Gasteiger partial charge is 0.459 e. The van der Waals surface area contributed by atoms with Crippen LogP contribution in [0, 0.1) is 11.3 Å². The maximum Gasteiger partial charge on any atom is 0.286 e. The third kappa shape index (κ3) is 2.93. The van der Waals surface area contributed by atoms with Crippen molar-refractivity contribution in [1.82, 2.24) is 5.32 Å². The number of nitrogens with one attached hydrogen (secondary N) is 1. The van der Waals surface area contributed by atoms with E-state index in [4.69, 9.17) is 9.15 Å². The van der Waals surface area contributed by atoms with Crippen molar-refractivity contribution in [2.75, 3.05) is 13.2 Å². The monoisotopic (exact) mass is 251 g/mol. The minimum atomic E-state index is -0.153. The van der Waals surface area contributed by atoms with Gasteiger partial charge in [-0.1, -0.05) is 20.8 Å². The van der Waals surface area contributed by atoms with Crippen LogP contribution in [0.4, 0.5) is 0 Å². The lowest BCUT2D eigenvalue weighted by Gasteiger charge is -2.31. The summed E-state index contributed by atoms with van der Waals surface area (Å²) in [6, 6.07) is 3.38. The molecule has 0 aromatic carbocycles. The number of ether oxygens (including phenoxy) is 1. The van der Waals surface area contributed by atoms with E-state index in [0.29, 0.717) is 18.2 Å². The number of carbonyl (C=O) groups excluding carboxylic acids is 1. The van der Waals surface area contributed by atoms with Crippen molar-refractivity contribution in [2.45, 2.75) is 33.3 Å². The lowest BCUT2D eigenvalue weighted by molar-refractivity contribution is 0.00732. The molecule has 1 amide bonds. The molecule has 4 nitrogen and oxygen atoms in total. The van der Waals surface area contributed by atoms with Gasteiger partial charge in [0.15, 0.2) is 5.76 Å². The molecular formula is C14H21NO3. The summed E-state index contributed by atoms with van der Waals surface area (Å²) in [7, 11) is 0. The van der Waals surface area contributed by atoms with Gasteiger partial charge in [-0.25, -0.2) is 0 Å². The number of hydrogen-bond donors (Lipinski definition) is 1. The Kier molecular flexibility index (Phi) is 3.76. The molecule has 0 spiro atoms. The van der Waals surface area contributed by atoms with E-state index in [0.717, 1.165) is 13.0 Å². The van der Waals surface area contributed by atoms with E-state index in [-0.39, 0.29) is 17.4 Å². The molecule has 2 rings (SSSR count). The first kappa shape index (κ1) is 13.1. The lowest BCUT2D eigenvalue weighted by Crippen LogP contribution is -2.38. The minimum absolute atomic E-state index is 0.108. The molecule has 0 aliphatic carbocycles. The predicted molar refractivity (Wildman–Crippen MR) is 68.3 cm³/mol. The van der Waals surface area contributed by atoms with Gasteiger partial charge in [0.25, 0.3) is 5.91 Å². The van der Waals surface area contributed by atoms with Crippen molar-refractivity contribution in [3.8, 4) is 0 Å². The standard InChI is InChI=1S/C14H21NO3/c1-14(2,3)12-10(6-8-18-12)9-15-13(16)11-5-4-7-17-11/h4-5,7,10,12H,6,8-9H2,1-3H3,(H,15,16)/t10-,12+/m1/s1. The third-order valence-corrected chi connectivity index (χ3v) is 3.34. The second-order valence-corrected chi connectivity index (χ2v) is 5.89. The first-order valence-corrected chi connectivity index (χ1v) is 6.42. The number of rotatable bonds is 3. The molecule has 1 aromatic heterocycles. The SMILES string of the molecule is CC(C)(C)[C@H]1OCC[C@@H]1CNC(=O)c1ccco1. The van der Waals surface area contributed by atoms with Crippen LogP contribution in [0.5, 0.6) is 0 Å². The molecule has 1 aromatic rings. The minimum Gasteiger partial charge on any atom is -0.459 e. The summed E-state index contributed by atoms with van der Waals surface area (Å²) in [5.74, 6) is 0.588. The van der Waals surface area contributed by atoms with Crippen LogP contribution in [0.15, 0.2) is 22.8 Å². The molecule has 1 aliphatic rings. The van der Waals surface area contributed by atoms with E-state index in [1.165, 1.54) is 6.26 Å². The predicted octanol–water partition coefficient (Wildman–Crippen LogP) is 2.46. The fraction of sp³-hybridized carbons (Fsp3) is 0.643. The van der Waals surface area contributed by atoms with Crippen LogP contribution in [0.1, 0.15) is 37.7 Å². The Balaban J connectivity index is 1.88. The fourth-order valence-corrected chi connectivity index (χ4v) is 2.52. The topological polar surface area (TPSA) is 51.5 Å². The molecule has 1 aliphatic heterocycles. The Bertz CT molecular complexity index is 392. The van der Waals surface area contributed by atoms with Gasteiger partial charge in [-0.15, -0.1) is 0 Å². The maximum atomic E-state index is 11.8. The van der Waals surface area contributed by atoms with Gasteiger partial charge in [-0.3, -0.25) is 4.79 Å². The van der Waals surface area contributed by atoms with Gasteiger partial charge in [-0.05, 0) is 24.0 Å². The van der Waals surface area contributed by atoms with Crippen molar-refractivity contribution < 1.29 is 13.9 Å². The molecule has 1 N–H and O–H groups in total. The van der Waals surface area contributed by atoms with Crippen LogP contribution in [0.25, 0.3) is 0 Å². The summed E-state index contributed by atoms with van der Waals surface area (Å²) in [5, 5.41) is 2.92. The van der Waals surface area contributed by atoms with Gasteiger partial charge in [0, 0.05) is 19.1 Å². The Morgan fingerprint density at radius 3 is 2.89 bits per heavy atom. The summed E-state index contributed by atoms with van der Waals surface area (Å²) in [6.45, 7) is 7.93. The number of carbonyl (C=O) groups is 1. The first-order chi connectivity index (χ1) is 8.48. The van der Waals surface area contributed by atoms with E-state index >= 15 is 0 Å². The second kappa shape index (κ2) is 5.14. The molecule has 0 saturated carbocycles. The zero-order valence-electron chi connectivity index (χ0n) is 11.2. The highest BCUT2D eigenvalue weighted by molar-refractivity contribution is 5.91. The normalized spacial score (nSPS) is 24.2. The molecule has 0 bridgehead atoms. The van der Waals surface area contributed by atoms with Crippen LogP contribution < -0.4 is 5.32 Å². The average Bonchev–Trinajstić information content (AvgIpc) is 2.95. The summed E-state index contributed by atoms with van der Waals surface area (Å²) in [5.41, 5.74) is 0.108. The van der Waals surface area contributed by atoms with Crippen LogP contribution in [-0.4, -0.2) is 25.2 Å². The Morgan fingerprint density at radius 2 is 2.28 bits per heavy atom. The molecule has 2 heterocycles. The second-order valence-electron chi connectivity index (χ2n) is 5.89. The summed E-state index contributed by atoms with van der Waals surface area (Å²) < 4.78 is 10.8.